The lowest BCUT2D eigenvalue weighted by Gasteiger charge is -2.38. The van der Waals surface area contributed by atoms with Crippen LogP contribution in [-0.4, -0.2) is 11.8 Å². The Hall–Kier alpha value is -2.91. The van der Waals surface area contributed by atoms with Gasteiger partial charge in [0.1, 0.15) is 5.75 Å². The quantitative estimate of drug-likeness (QED) is 0.533. The molecule has 0 bridgehead atoms. The van der Waals surface area contributed by atoms with Crippen LogP contribution in [0.5, 0.6) is 5.75 Å². The number of anilines is 2. The highest BCUT2D eigenvalue weighted by Gasteiger charge is 2.43. The normalized spacial score (nSPS) is 25.0. The van der Waals surface area contributed by atoms with Crippen molar-refractivity contribution in [2.24, 2.45) is 0 Å². The maximum Gasteiger partial charge on any atom is 0.188 e. The molecule has 0 saturated heterocycles. The third-order valence-electron chi connectivity index (χ3n) is 6.13. The second-order valence-electron chi connectivity index (χ2n) is 8.18. The van der Waals surface area contributed by atoms with Gasteiger partial charge in [-0.25, -0.2) is 0 Å². The smallest absolute Gasteiger partial charge is 0.188 e. The third kappa shape index (κ3) is 2.89. The average molecular weight is 401 g/mol. The molecule has 3 aliphatic rings. The fourth-order valence-electron chi connectivity index (χ4n) is 4.87. The summed E-state index contributed by atoms with van der Waals surface area (Å²) in [6.45, 7) is 0. The van der Waals surface area contributed by atoms with Crippen molar-refractivity contribution in [3.05, 3.63) is 94.5 Å². The SMILES string of the molecule is Clc1ccc2c(c1)/C(=C\C1Cc3ccccc3N1)CC1(Cc3ccccc3N1)O2. The highest BCUT2D eigenvalue weighted by molar-refractivity contribution is 6.30. The van der Waals surface area contributed by atoms with Gasteiger partial charge in [-0.15, -0.1) is 0 Å². The van der Waals surface area contributed by atoms with Crippen molar-refractivity contribution in [3.8, 4) is 5.75 Å². The van der Waals surface area contributed by atoms with Gasteiger partial charge in [0.15, 0.2) is 5.72 Å². The molecule has 144 valence electrons. The highest BCUT2D eigenvalue weighted by Crippen LogP contribution is 2.47. The molecule has 3 heterocycles. The molecule has 0 aliphatic carbocycles. The van der Waals surface area contributed by atoms with Gasteiger partial charge in [-0.3, -0.25) is 0 Å². The number of hydrogen-bond acceptors (Lipinski definition) is 3. The van der Waals surface area contributed by atoms with Gasteiger partial charge in [0, 0.05) is 40.8 Å². The molecule has 3 aromatic carbocycles. The highest BCUT2D eigenvalue weighted by atomic mass is 35.5. The van der Waals surface area contributed by atoms with E-state index in [1.54, 1.807) is 0 Å². The van der Waals surface area contributed by atoms with Crippen molar-refractivity contribution >= 4 is 28.5 Å². The summed E-state index contributed by atoms with van der Waals surface area (Å²) in [6.07, 6.45) is 5.01. The van der Waals surface area contributed by atoms with Gasteiger partial charge >= 0.3 is 0 Å². The minimum absolute atomic E-state index is 0.271. The average Bonchev–Trinajstić information content (AvgIpc) is 3.28. The zero-order valence-corrected chi connectivity index (χ0v) is 16.7. The molecule has 3 aliphatic heterocycles. The lowest BCUT2D eigenvalue weighted by Crippen LogP contribution is -2.45. The first kappa shape index (κ1) is 17.0. The van der Waals surface area contributed by atoms with Gasteiger partial charge in [0.25, 0.3) is 0 Å². The number of ether oxygens (including phenoxy) is 1. The third-order valence-corrected chi connectivity index (χ3v) is 6.36. The van der Waals surface area contributed by atoms with E-state index < -0.39 is 5.72 Å². The van der Waals surface area contributed by atoms with Gasteiger partial charge in [-0.2, -0.15) is 0 Å². The summed E-state index contributed by atoms with van der Waals surface area (Å²) in [6, 6.07) is 23.2. The first-order valence-electron chi connectivity index (χ1n) is 10.1. The van der Waals surface area contributed by atoms with Crippen LogP contribution in [-0.2, 0) is 12.8 Å². The Morgan fingerprint density at radius 2 is 1.72 bits per heavy atom. The Kier molecular flexibility index (Phi) is 3.69. The fraction of sp³-hybridized carbons (Fsp3) is 0.200. The number of fused-ring (bicyclic) bond motifs is 3. The van der Waals surface area contributed by atoms with E-state index in [4.69, 9.17) is 16.3 Å². The summed E-state index contributed by atoms with van der Waals surface area (Å²) < 4.78 is 6.54. The summed E-state index contributed by atoms with van der Waals surface area (Å²) in [5.74, 6) is 0.891. The standard InChI is InChI=1S/C25H21ClN2O/c26-19-9-10-24-21(13-19)18(12-20-11-16-5-1-3-7-22(16)27-20)15-25(29-24)14-17-6-2-4-8-23(17)28-25/h1-10,12-13,20,27-28H,11,14-15H2/b18-12-. The second kappa shape index (κ2) is 6.30. The fourth-order valence-corrected chi connectivity index (χ4v) is 5.04. The van der Waals surface area contributed by atoms with E-state index in [1.165, 1.54) is 22.4 Å². The number of hydrogen-bond donors (Lipinski definition) is 2. The number of nitrogens with one attached hydrogen (secondary N) is 2. The molecule has 1 spiro atoms. The molecular formula is C25H21ClN2O. The van der Waals surface area contributed by atoms with Gasteiger partial charge in [-0.05, 0) is 53.5 Å². The number of rotatable bonds is 1. The van der Waals surface area contributed by atoms with Crippen LogP contribution in [0.1, 0.15) is 23.1 Å². The number of para-hydroxylation sites is 2. The Morgan fingerprint density at radius 1 is 0.931 bits per heavy atom. The maximum atomic E-state index is 6.54. The summed E-state index contributed by atoms with van der Waals surface area (Å²) in [7, 11) is 0. The molecule has 0 aromatic heterocycles. The van der Waals surface area contributed by atoms with Crippen LogP contribution < -0.4 is 15.4 Å². The van der Waals surface area contributed by atoms with E-state index in [1.807, 2.05) is 18.2 Å². The molecule has 0 saturated carbocycles. The molecular weight excluding hydrogens is 380 g/mol. The summed E-state index contributed by atoms with van der Waals surface area (Å²) >= 11 is 6.34. The van der Waals surface area contributed by atoms with Crippen molar-refractivity contribution < 1.29 is 4.74 Å². The predicted molar refractivity (Wildman–Crippen MR) is 119 cm³/mol. The predicted octanol–water partition coefficient (Wildman–Crippen LogP) is 5.91. The summed E-state index contributed by atoms with van der Waals surface area (Å²) in [5, 5.41) is 8.05. The molecule has 2 N–H and O–H groups in total. The van der Waals surface area contributed by atoms with E-state index in [0.717, 1.165) is 41.3 Å². The molecule has 0 fully saturated rings. The monoisotopic (exact) mass is 400 g/mol. The topological polar surface area (TPSA) is 33.3 Å². The van der Waals surface area contributed by atoms with Crippen LogP contribution in [0.25, 0.3) is 5.57 Å². The van der Waals surface area contributed by atoms with E-state index >= 15 is 0 Å². The van der Waals surface area contributed by atoms with Crippen molar-refractivity contribution in [1.82, 2.24) is 0 Å². The summed E-state index contributed by atoms with van der Waals surface area (Å²) in [4.78, 5) is 0. The van der Waals surface area contributed by atoms with Crippen LogP contribution >= 0.6 is 11.6 Å². The lowest BCUT2D eigenvalue weighted by molar-refractivity contribution is 0.104. The molecule has 29 heavy (non-hydrogen) atoms. The van der Waals surface area contributed by atoms with Gasteiger partial charge in [-0.1, -0.05) is 54.1 Å². The molecule has 2 atom stereocenters. The Balaban J connectivity index is 1.39. The minimum Gasteiger partial charge on any atom is -0.467 e. The van der Waals surface area contributed by atoms with Gasteiger partial charge < -0.3 is 15.4 Å². The lowest BCUT2D eigenvalue weighted by atomic mass is 9.89. The van der Waals surface area contributed by atoms with E-state index in [2.05, 4.69) is 65.2 Å². The zero-order chi connectivity index (χ0) is 19.4. The molecule has 3 nitrogen and oxygen atoms in total. The van der Waals surface area contributed by atoms with Crippen LogP contribution in [0.15, 0.2) is 72.8 Å². The van der Waals surface area contributed by atoms with Crippen LogP contribution in [0.2, 0.25) is 5.02 Å². The zero-order valence-electron chi connectivity index (χ0n) is 15.9. The van der Waals surface area contributed by atoms with Crippen molar-refractivity contribution in [1.29, 1.82) is 0 Å². The molecule has 4 heteroatoms. The van der Waals surface area contributed by atoms with E-state index in [-0.39, 0.29) is 6.04 Å². The van der Waals surface area contributed by atoms with Crippen LogP contribution in [0.3, 0.4) is 0 Å². The second-order valence-corrected chi connectivity index (χ2v) is 8.61. The van der Waals surface area contributed by atoms with Crippen LogP contribution in [0, 0.1) is 0 Å². The van der Waals surface area contributed by atoms with Crippen LogP contribution in [0.4, 0.5) is 11.4 Å². The first-order valence-corrected chi connectivity index (χ1v) is 10.5. The number of halogens is 1. The van der Waals surface area contributed by atoms with E-state index in [0.29, 0.717) is 0 Å². The maximum absolute atomic E-state index is 6.54. The first-order chi connectivity index (χ1) is 14.2. The Labute approximate surface area is 175 Å². The molecule has 6 rings (SSSR count). The Bertz CT molecular complexity index is 1100. The largest absolute Gasteiger partial charge is 0.467 e. The molecule has 2 unspecified atom stereocenters. The molecule has 0 radical (unpaired) electrons. The summed E-state index contributed by atoms with van der Waals surface area (Å²) in [5.41, 5.74) is 6.99. The number of benzene rings is 3. The van der Waals surface area contributed by atoms with Crippen molar-refractivity contribution in [2.75, 3.05) is 10.6 Å². The molecule has 3 aromatic rings. The van der Waals surface area contributed by atoms with Crippen molar-refractivity contribution in [3.63, 3.8) is 0 Å². The van der Waals surface area contributed by atoms with E-state index in [9.17, 15) is 0 Å². The van der Waals surface area contributed by atoms with Gasteiger partial charge in [0.2, 0.25) is 0 Å². The minimum atomic E-state index is -0.443. The molecule has 0 amide bonds. The van der Waals surface area contributed by atoms with Crippen molar-refractivity contribution in [2.45, 2.75) is 31.0 Å². The Morgan fingerprint density at radius 3 is 2.55 bits per heavy atom. The van der Waals surface area contributed by atoms with Gasteiger partial charge in [0.05, 0.1) is 0 Å².